The third kappa shape index (κ3) is 4.13. The molecule has 0 aliphatic heterocycles. The summed E-state index contributed by atoms with van der Waals surface area (Å²) in [5.41, 5.74) is 1.48. The average Bonchev–Trinajstić information content (AvgIpc) is 2.36. The summed E-state index contributed by atoms with van der Waals surface area (Å²) in [5.74, 6) is 0.565. The van der Waals surface area contributed by atoms with Gasteiger partial charge in [0.05, 0.1) is 19.8 Å². The zero-order valence-corrected chi connectivity index (χ0v) is 12.8. The van der Waals surface area contributed by atoms with Gasteiger partial charge in [0.25, 0.3) is 0 Å². The van der Waals surface area contributed by atoms with Crippen molar-refractivity contribution in [2.24, 2.45) is 0 Å². The zero-order chi connectivity index (χ0) is 15.3. The lowest BCUT2D eigenvalue weighted by molar-refractivity contribution is -0.120. The lowest BCUT2D eigenvalue weighted by Crippen LogP contribution is -2.38. The normalized spacial score (nSPS) is 12.2. The average molecular weight is 280 g/mol. The van der Waals surface area contributed by atoms with Gasteiger partial charge in [-0.25, -0.2) is 0 Å². The first-order chi connectivity index (χ1) is 9.36. The zero-order valence-electron chi connectivity index (χ0n) is 12.8. The summed E-state index contributed by atoms with van der Waals surface area (Å²) in [5, 5.41) is 12.8. The van der Waals surface area contributed by atoms with Crippen molar-refractivity contribution >= 4 is 11.6 Å². The molecule has 0 aliphatic rings. The highest BCUT2D eigenvalue weighted by molar-refractivity contribution is 5.82. The molecule has 0 saturated carbocycles. The van der Waals surface area contributed by atoms with Crippen LogP contribution < -0.4 is 15.0 Å². The number of nitrogens with zero attached hydrogens (tertiary/aromatic N) is 1. The van der Waals surface area contributed by atoms with Crippen molar-refractivity contribution in [3.05, 3.63) is 23.8 Å². The summed E-state index contributed by atoms with van der Waals surface area (Å²) < 4.78 is 5.28. The van der Waals surface area contributed by atoms with Gasteiger partial charge in [-0.15, -0.1) is 0 Å². The summed E-state index contributed by atoms with van der Waals surface area (Å²) in [4.78, 5) is 13.6. The number of hydrogen-bond donors (Lipinski definition) is 2. The van der Waals surface area contributed by atoms with Crippen LogP contribution >= 0.6 is 0 Å². The van der Waals surface area contributed by atoms with E-state index in [0.717, 1.165) is 5.69 Å². The van der Waals surface area contributed by atoms with Gasteiger partial charge >= 0.3 is 0 Å². The van der Waals surface area contributed by atoms with Gasteiger partial charge in [0, 0.05) is 24.3 Å². The van der Waals surface area contributed by atoms with Crippen LogP contribution in [0.25, 0.3) is 0 Å². The fourth-order valence-electron chi connectivity index (χ4n) is 2.13. The van der Waals surface area contributed by atoms with E-state index in [1.807, 2.05) is 37.9 Å². The molecule has 1 atom stereocenters. The van der Waals surface area contributed by atoms with Crippen LogP contribution in [0.5, 0.6) is 5.75 Å². The molecular weight excluding hydrogens is 256 g/mol. The van der Waals surface area contributed by atoms with Crippen molar-refractivity contribution < 1.29 is 14.6 Å². The molecule has 0 aliphatic carbocycles. The molecular formula is C15H24N2O3. The Hall–Kier alpha value is -1.75. The van der Waals surface area contributed by atoms with Crippen molar-refractivity contribution in [3.8, 4) is 5.75 Å². The molecule has 5 heteroatoms. The lowest BCUT2D eigenvalue weighted by Gasteiger charge is -2.25. The number of aliphatic hydroxyl groups is 1. The first-order valence-corrected chi connectivity index (χ1v) is 6.72. The lowest BCUT2D eigenvalue weighted by atomic mass is 10.1. The number of ether oxygens (including phenoxy) is 1. The second kappa shape index (κ2) is 7.14. The summed E-state index contributed by atoms with van der Waals surface area (Å²) in [6.07, 6.45) is -0.670. The monoisotopic (exact) mass is 280 g/mol. The Morgan fingerprint density at radius 1 is 1.40 bits per heavy atom. The minimum absolute atomic E-state index is 0.0538. The van der Waals surface area contributed by atoms with Crippen molar-refractivity contribution in [3.63, 3.8) is 0 Å². The predicted molar refractivity (Wildman–Crippen MR) is 80.2 cm³/mol. The summed E-state index contributed by atoms with van der Waals surface area (Å²) >= 11 is 0. The second-order valence-corrected chi connectivity index (χ2v) is 5.15. The first-order valence-electron chi connectivity index (χ1n) is 6.72. The van der Waals surface area contributed by atoms with Gasteiger partial charge in [0.1, 0.15) is 5.75 Å². The largest absolute Gasteiger partial charge is 0.496 e. The summed E-state index contributed by atoms with van der Waals surface area (Å²) in [7, 11) is 3.39. The van der Waals surface area contributed by atoms with E-state index in [1.165, 1.54) is 0 Å². The minimum atomic E-state index is -0.670. The van der Waals surface area contributed by atoms with E-state index in [9.17, 15) is 9.90 Å². The molecule has 112 valence electrons. The van der Waals surface area contributed by atoms with Crippen LogP contribution in [-0.2, 0) is 4.79 Å². The molecule has 2 N–H and O–H groups in total. The SMILES string of the molecule is COc1cccc(N(C)CC(=O)NC(C)C)c1[C@@H](C)O. The number of amides is 1. The maximum Gasteiger partial charge on any atom is 0.239 e. The Bertz CT molecular complexity index is 458. The standard InChI is InChI=1S/C15H24N2O3/c1-10(2)16-14(19)9-17(4)12-7-6-8-13(20-5)15(12)11(3)18/h6-8,10-11,18H,9H2,1-5H3,(H,16,19)/t11-/m1/s1. The summed E-state index contributed by atoms with van der Waals surface area (Å²) in [6.45, 7) is 5.75. The molecule has 5 nitrogen and oxygen atoms in total. The molecule has 0 spiro atoms. The topological polar surface area (TPSA) is 61.8 Å². The van der Waals surface area contributed by atoms with Gasteiger partial charge in [-0.1, -0.05) is 6.07 Å². The second-order valence-electron chi connectivity index (χ2n) is 5.15. The maximum atomic E-state index is 11.8. The molecule has 0 bridgehead atoms. The molecule has 0 saturated heterocycles. The number of anilines is 1. The number of likely N-dealkylation sites (N-methyl/N-ethyl adjacent to an activating group) is 1. The van der Waals surface area contributed by atoms with Crippen LogP contribution in [0.2, 0.25) is 0 Å². The van der Waals surface area contributed by atoms with Gasteiger partial charge in [0.2, 0.25) is 5.91 Å². The molecule has 0 heterocycles. The fourth-order valence-corrected chi connectivity index (χ4v) is 2.13. The van der Waals surface area contributed by atoms with Crippen LogP contribution in [0.1, 0.15) is 32.4 Å². The molecule has 0 radical (unpaired) electrons. The quantitative estimate of drug-likeness (QED) is 0.833. The van der Waals surface area contributed by atoms with Crippen LogP contribution in [0.3, 0.4) is 0 Å². The van der Waals surface area contributed by atoms with Crippen LogP contribution in [0, 0.1) is 0 Å². The number of hydrogen-bond acceptors (Lipinski definition) is 4. The number of rotatable bonds is 6. The number of carbonyl (C=O) groups is 1. The van der Waals surface area contributed by atoms with Crippen LogP contribution in [0.15, 0.2) is 18.2 Å². The Kier molecular flexibility index (Phi) is 5.82. The van der Waals surface area contributed by atoms with Gasteiger partial charge in [-0.05, 0) is 32.9 Å². The number of methoxy groups -OCH3 is 1. The van der Waals surface area contributed by atoms with Crippen LogP contribution in [-0.4, -0.2) is 37.8 Å². The minimum Gasteiger partial charge on any atom is -0.496 e. The van der Waals surface area contributed by atoms with Crippen molar-refractivity contribution in [1.82, 2.24) is 5.32 Å². The van der Waals surface area contributed by atoms with E-state index < -0.39 is 6.10 Å². The van der Waals surface area contributed by atoms with Crippen molar-refractivity contribution in [1.29, 1.82) is 0 Å². The molecule has 1 aromatic rings. The fraction of sp³-hybridized carbons (Fsp3) is 0.533. The maximum absolute atomic E-state index is 11.8. The van der Waals surface area contributed by atoms with Crippen molar-refractivity contribution in [2.45, 2.75) is 32.9 Å². The smallest absolute Gasteiger partial charge is 0.239 e. The summed E-state index contributed by atoms with van der Waals surface area (Å²) in [6, 6.07) is 5.62. The van der Waals surface area contributed by atoms with E-state index in [1.54, 1.807) is 20.1 Å². The highest BCUT2D eigenvalue weighted by Crippen LogP contribution is 2.33. The molecule has 0 fully saturated rings. The molecule has 1 rings (SSSR count). The highest BCUT2D eigenvalue weighted by atomic mass is 16.5. The number of benzene rings is 1. The predicted octanol–water partition coefficient (Wildman–Crippen LogP) is 1.71. The Morgan fingerprint density at radius 2 is 2.05 bits per heavy atom. The Balaban J connectivity index is 2.98. The molecule has 0 aromatic heterocycles. The number of carbonyl (C=O) groups excluding carboxylic acids is 1. The van der Waals surface area contributed by atoms with Gasteiger partial charge in [-0.3, -0.25) is 4.79 Å². The van der Waals surface area contributed by atoms with E-state index in [-0.39, 0.29) is 18.5 Å². The van der Waals surface area contributed by atoms with E-state index in [4.69, 9.17) is 4.74 Å². The Labute approximate surface area is 120 Å². The van der Waals surface area contributed by atoms with E-state index >= 15 is 0 Å². The molecule has 1 amide bonds. The van der Waals surface area contributed by atoms with Crippen molar-refractivity contribution in [2.75, 3.05) is 25.6 Å². The highest BCUT2D eigenvalue weighted by Gasteiger charge is 2.18. The van der Waals surface area contributed by atoms with Gasteiger partial charge in [0.15, 0.2) is 0 Å². The van der Waals surface area contributed by atoms with Gasteiger partial charge in [-0.2, -0.15) is 0 Å². The molecule has 0 unspecified atom stereocenters. The van der Waals surface area contributed by atoms with Gasteiger partial charge < -0.3 is 20.1 Å². The van der Waals surface area contributed by atoms with Crippen LogP contribution in [0.4, 0.5) is 5.69 Å². The molecule has 20 heavy (non-hydrogen) atoms. The van der Waals surface area contributed by atoms with E-state index in [0.29, 0.717) is 11.3 Å². The third-order valence-corrected chi connectivity index (χ3v) is 2.92. The third-order valence-electron chi connectivity index (χ3n) is 2.92. The number of nitrogens with one attached hydrogen (secondary N) is 1. The Morgan fingerprint density at radius 3 is 2.55 bits per heavy atom. The van der Waals surface area contributed by atoms with E-state index in [2.05, 4.69) is 5.32 Å². The number of aliphatic hydroxyl groups excluding tert-OH is 1. The molecule has 1 aromatic carbocycles. The first kappa shape index (κ1) is 16.3.